The molecule has 0 unspecified atom stereocenters. The normalized spacial score (nSPS) is 18.3. The molecule has 176 valence electrons. The Morgan fingerprint density at radius 3 is 2.18 bits per heavy atom. The summed E-state index contributed by atoms with van der Waals surface area (Å²) in [5.74, 6) is 0.132. The Labute approximate surface area is 196 Å². The van der Waals surface area contributed by atoms with Gasteiger partial charge in [0.2, 0.25) is 11.8 Å². The van der Waals surface area contributed by atoms with Gasteiger partial charge in [0.05, 0.1) is 6.42 Å². The van der Waals surface area contributed by atoms with Crippen molar-refractivity contribution >= 4 is 11.8 Å². The molecule has 0 spiro atoms. The van der Waals surface area contributed by atoms with E-state index in [4.69, 9.17) is 0 Å². The quantitative estimate of drug-likeness (QED) is 0.702. The molecule has 0 aliphatic carbocycles. The first-order chi connectivity index (χ1) is 16.1. The van der Waals surface area contributed by atoms with Crippen molar-refractivity contribution in [3.05, 3.63) is 71.5 Å². The van der Waals surface area contributed by atoms with Gasteiger partial charge >= 0.3 is 0 Å². The Morgan fingerprint density at radius 2 is 1.52 bits per heavy atom. The smallest absolute Gasteiger partial charge is 0.226 e. The summed E-state index contributed by atoms with van der Waals surface area (Å²) in [5.41, 5.74) is 2.10. The van der Waals surface area contributed by atoms with Crippen molar-refractivity contribution in [1.29, 1.82) is 0 Å². The fraction of sp³-hybridized carbons (Fsp3) is 0.481. The number of nitrogens with one attached hydrogen (secondary N) is 1. The number of hydrogen-bond donors (Lipinski definition) is 1. The summed E-state index contributed by atoms with van der Waals surface area (Å²) in [4.78, 5) is 29.6. The topological polar surface area (TPSA) is 52.7 Å². The van der Waals surface area contributed by atoms with Gasteiger partial charge in [-0.2, -0.15) is 0 Å². The average molecular weight is 452 g/mol. The van der Waals surface area contributed by atoms with Gasteiger partial charge < -0.3 is 15.1 Å². The van der Waals surface area contributed by atoms with E-state index in [9.17, 15) is 14.0 Å². The van der Waals surface area contributed by atoms with Crippen molar-refractivity contribution in [2.45, 2.75) is 44.6 Å². The molecule has 5 nitrogen and oxygen atoms in total. The van der Waals surface area contributed by atoms with Gasteiger partial charge in [0.15, 0.2) is 0 Å². The molecule has 2 aromatic carbocycles. The number of carbonyl (C=O) groups excluding carboxylic acids is 2. The van der Waals surface area contributed by atoms with Crippen molar-refractivity contribution in [2.75, 3.05) is 32.7 Å². The van der Waals surface area contributed by atoms with Crippen LogP contribution in [-0.4, -0.2) is 60.4 Å². The Bertz CT molecular complexity index is 903. The maximum absolute atomic E-state index is 13.1. The number of nitrogens with zero attached hydrogens (tertiary/aromatic N) is 2. The highest BCUT2D eigenvalue weighted by molar-refractivity contribution is 5.79. The van der Waals surface area contributed by atoms with E-state index in [1.807, 2.05) is 23.1 Å². The van der Waals surface area contributed by atoms with Crippen LogP contribution in [0.25, 0.3) is 0 Å². The van der Waals surface area contributed by atoms with Gasteiger partial charge in [0.25, 0.3) is 0 Å². The molecule has 0 atom stereocenters. The molecule has 6 heteroatoms. The molecular formula is C27H34FN3O2. The summed E-state index contributed by atoms with van der Waals surface area (Å²) in [6, 6.07) is 16.9. The molecule has 33 heavy (non-hydrogen) atoms. The lowest BCUT2D eigenvalue weighted by Crippen LogP contribution is -2.50. The van der Waals surface area contributed by atoms with Crippen molar-refractivity contribution in [3.63, 3.8) is 0 Å². The molecule has 2 aliphatic heterocycles. The lowest BCUT2D eigenvalue weighted by Gasteiger charge is -2.41. The summed E-state index contributed by atoms with van der Waals surface area (Å²) in [6.45, 7) is 4.12. The van der Waals surface area contributed by atoms with Crippen LogP contribution in [0.3, 0.4) is 0 Å². The third-order valence-electron chi connectivity index (χ3n) is 7.06. The van der Waals surface area contributed by atoms with E-state index < -0.39 is 0 Å². The van der Waals surface area contributed by atoms with Gasteiger partial charge in [0.1, 0.15) is 5.82 Å². The van der Waals surface area contributed by atoms with E-state index in [2.05, 4.69) is 22.3 Å². The van der Waals surface area contributed by atoms with E-state index >= 15 is 0 Å². The molecule has 2 amide bonds. The van der Waals surface area contributed by atoms with E-state index in [0.29, 0.717) is 19.0 Å². The Kier molecular flexibility index (Phi) is 8.10. The van der Waals surface area contributed by atoms with Gasteiger partial charge in [-0.25, -0.2) is 4.39 Å². The minimum absolute atomic E-state index is 0.106. The Balaban J connectivity index is 1.14. The third kappa shape index (κ3) is 6.64. The van der Waals surface area contributed by atoms with Crippen molar-refractivity contribution in [3.8, 4) is 0 Å². The van der Waals surface area contributed by atoms with Gasteiger partial charge in [-0.3, -0.25) is 9.59 Å². The fourth-order valence-corrected chi connectivity index (χ4v) is 5.01. The summed E-state index contributed by atoms with van der Waals surface area (Å²) in [6.07, 6.45) is 4.95. The van der Waals surface area contributed by atoms with Crippen LogP contribution in [0.4, 0.5) is 4.39 Å². The number of amides is 2. The number of piperidine rings is 2. The zero-order valence-corrected chi connectivity index (χ0v) is 19.2. The first-order valence-corrected chi connectivity index (χ1v) is 12.2. The SMILES string of the molecule is O=C(NCCc1ccccc1)C1CCN(C2CCN(C(=O)Cc3ccc(F)cc3)CC2)CC1. The summed E-state index contributed by atoms with van der Waals surface area (Å²) in [7, 11) is 0. The second-order valence-corrected chi connectivity index (χ2v) is 9.25. The maximum Gasteiger partial charge on any atom is 0.226 e. The number of carbonyl (C=O) groups is 2. The molecule has 2 heterocycles. The molecule has 1 N–H and O–H groups in total. The molecule has 0 bridgehead atoms. The van der Waals surface area contributed by atoms with E-state index in [-0.39, 0.29) is 23.5 Å². The average Bonchev–Trinajstić information content (AvgIpc) is 2.86. The minimum atomic E-state index is -0.277. The van der Waals surface area contributed by atoms with Crippen LogP contribution in [0.2, 0.25) is 0 Å². The standard InChI is InChI=1S/C27H34FN3O2/c28-24-8-6-22(7-9-24)20-26(32)31-18-13-25(14-19-31)30-16-11-23(12-17-30)27(33)29-15-10-21-4-2-1-3-5-21/h1-9,23,25H,10-20H2,(H,29,33). The van der Waals surface area contributed by atoms with Crippen LogP contribution in [0, 0.1) is 11.7 Å². The van der Waals surface area contributed by atoms with Gasteiger partial charge in [-0.15, -0.1) is 0 Å². The van der Waals surface area contributed by atoms with Crippen LogP contribution in [0.15, 0.2) is 54.6 Å². The highest BCUT2D eigenvalue weighted by atomic mass is 19.1. The van der Waals surface area contributed by atoms with Crippen molar-refractivity contribution in [1.82, 2.24) is 15.1 Å². The van der Waals surface area contributed by atoms with Crippen LogP contribution in [0.1, 0.15) is 36.8 Å². The van der Waals surface area contributed by atoms with Crippen LogP contribution >= 0.6 is 0 Å². The van der Waals surface area contributed by atoms with Crippen LogP contribution < -0.4 is 5.32 Å². The highest BCUT2D eigenvalue weighted by Gasteiger charge is 2.31. The van der Waals surface area contributed by atoms with Gasteiger partial charge in [-0.05, 0) is 68.5 Å². The molecule has 0 saturated carbocycles. The predicted octanol–water partition coefficient (Wildman–Crippen LogP) is 3.43. The first kappa shape index (κ1) is 23.4. The summed E-state index contributed by atoms with van der Waals surface area (Å²) < 4.78 is 13.1. The first-order valence-electron chi connectivity index (χ1n) is 12.2. The molecule has 2 aromatic rings. The van der Waals surface area contributed by atoms with Crippen LogP contribution in [0.5, 0.6) is 0 Å². The fourth-order valence-electron chi connectivity index (χ4n) is 5.01. The molecule has 0 aromatic heterocycles. The molecule has 0 radical (unpaired) electrons. The van der Waals surface area contributed by atoms with Gasteiger partial charge in [-0.1, -0.05) is 42.5 Å². The minimum Gasteiger partial charge on any atom is -0.356 e. The molecule has 2 aliphatic rings. The number of rotatable bonds is 7. The van der Waals surface area contributed by atoms with Crippen molar-refractivity contribution < 1.29 is 14.0 Å². The predicted molar refractivity (Wildman–Crippen MR) is 127 cm³/mol. The number of likely N-dealkylation sites (tertiary alicyclic amines) is 2. The second-order valence-electron chi connectivity index (χ2n) is 9.25. The maximum atomic E-state index is 13.1. The zero-order chi connectivity index (χ0) is 23.0. The van der Waals surface area contributed by atoms with Crippen LogP contribution in [-0.2, 0) is 22.4 Å². The number of benzene rings is 2. The number of hydrogen-bond acceptors (Lipinski definition) is 3. The van der Waals surface area contributed by atoms with E-state index in [1.54, 1.807) is 12.1 Å². The van der Waals surface area contributed by atoms with Gasteiger partial charge in [0, 0.05) is 31.6 Å². The lowest BCUT2D eigenvalue weighted by atomic mass is 9.92. The summed E-state index contributed by atoms with van der Waals surface area (Å²) in [5, 5.41) is 3.11. The lowest BCUT2D eigenvalue weighted by molar-refractivity contribution is -0.132. The Morgan fingerprint density at radius 1 is 0.848 bits per heavy atom. The molecule has 4 rings (SSSR count). The third-order valence-corrected chi connectivity index (χ3v) is 7.06. The number of halogens is 1. The molecular weight excluding hydrogens is 417 g/mol. The monoisotopic (exact) mass is 451 g/mol. The largest absolute Gasteiger partial charge is 0.356 e. The zero-order valence-electron chi connectivity index (χ0n) is 19.2. The van der Waals surface area contributed by atoms with Crippen molar-refractivity contribution in [2.24, 2.45) is 5.92 Å². The highest BCUT2D eigenvalue weighted by Crippen LogP contribution is 2.24. The molecule has 2 saturated heterocycles. The second kappa shape index (κ2) is 11.4. The molecule has 2 fully saturated rings. The van der Waals surface area contributed by atoms with E-state index in [1.165, 1.54) is 17.7 Å². The summed E-state index contributed by atoms with van der Waals surface area (Å²) >= 11 is 0. The van der Waals surface area contributed by atoms with E-state index in [0.717, 1.165) is 63.8 Å². The Hall–Kier alpha value is -2.73.